The Hall–Kier alpha value is -0.300. The standard InChI is InChI=1S/C15H20F3IO/c16-15(17,18)10-4-2-1-3-5-11-20-12-13-6-8-14(19)9-7-13/h6-9H,1-5,10-12H2. The zero-order valence-electron chi connectivity index (χ0n) is 11.4. The number of ether oxygens (including phenoxy) is 1. The van der Waals surface area contributed by atoms with Crippen LogP contribution < -0.4 is 0 Å². The van der Waals surface area contributed by atoms with Gasteiger partial charge in [0.2, 0.25) is 0 Å². The van der Waals surface area contributed by atoms with Gasteiger partial charge in [-0.2, -0.15) is 13.2 Å². The van der Waals surface area contributed by atoms with Crippen molar-refractivity contribution in [1.82, 2.24) is 0 Å². The van der Waals surface area contributed by atoms with Crippen LogP contribution in [0.2, 0.25) is 0 Å². The van der Waals surface area contributed by atoms with Gasteiger partial charge in [0.25, 0.3) is 0 Å². The fourth-order valence-corrected chi connectivity index (χ4v) is 2.19. The molecule has 0 radical (unpaired) electrons. The van der Waals surface area contributed by atoms with Gasteiger partial charge in [0, 0.05) is 16.6 Å². The number of rotatable bonds is 9. The highest BCUT2D eigenvalue weighted by atomic mass is 127. The number of benzene rings is 1. The molecule has 0 spiro atoms. The molecule has 1 aromatic rings. The fourth-order valence-electron chi connectivity index (χ4n) is 1.83. The van der Waals surface area contributed by atoms with Gasteiger partial charge in [-0.1, -0.05) is 31.4 Å². The highest BCUT2D eigenvalue weighted by Gasteiger charge is 2.25. The first-order chi connectivity index (χ1) is 9.47. The van der Waals surface area contributed by atoms with Gasteiger partial charge in [-0.25, -0.2) is 0 Å². The quantitative estimate of drug-likeness (QED) is 0.381. The maximum Gasteiger partial charge on any atom is 0.389 e. The molecule has 114 valence electrons. The minimum atomic E-state index is -4.00. The molecule has 0 heterocycles. The van der Waals surface area contributed by atoms with E-state index in [9.17, 15) is 13.2 Å². The molecular formula is C15H20F3IO. The van der Waals surface area contributed by atoms with E-state index >= 15 is 0 Å². The maximum absolute atomic E-state index is 11.9. The van der Waals surface area contributed by atoms with Gasteiger partial charge in [0.1, 0.15) is 0 Å². The van der Waals surface area contributed by atoms with Crippen LogP contribution in [0.1, 0.15) is 44.1 Å². The maximum atomic E-state index is 11.9. The lowest BCUT2D eigenvalue weighted by molar-refractivity contribution is -0.135. The molecule has 0 saturated carbocycles. The van der Waals surface area contributed by atoms with Crippen molar-refractivity contribution in [2.24, 2.45) is 0 Å². The van der Waals surface area contributed by atoms with E-state index in [4.69, 9.17) is 4.74 Å². The Balaban J connectivity index is 1.91. The molecular weight excluding hydrogens is 380 g/mol. The number of hydrogen-bond donors (Lipinski definition) is 0. The summed E-state index contributed by atoms with van der Waals surface area (Å²) in [7, 11) is 0. The van der Waals surface area contributed by atoms with Crippen LogP contribution in [0.4, 0.5) is 13.2 Å². The van der Waals surface area contributed by atoms with E-state index in [-0.39, 0.29) is 6.42 Å². The zero-order chi connectivity index (χ0) is 14.8. The Morgan fingerprint density at radius 1 is 0.900 bits per heavy atom. The van der Waals surface area contributed by atoms with E-state index in [1.54, 1.807) is 0 Å². The summed E-state index contributed by atoms with van der Waals surface area (Å²) in [4.78, 5) is 0. The van der Waals surface area contributed by atoms with Crippen molar-refractivity contribution in [2.75, 3.05) is 6.61 Å². The number of halogens is 4. The first kappa shape index (κ1) is 17.8. The molecule has 0 saturated heterocycles. The summed E-state index contributed by atoms with van der Waals surface area (Å²) in [5, 5.41) is 0. The summed E-state index contributed by atoms with van der Waals surface area (Å²) in [5.74, 6) is 0. The van der Waals surface area contributed by atoms with E-state index in [0.717, 1.165) is 24.8 Å². The van der Waals surface area contributed by atoms with E-state index in [2.05, 4.69) is 22.6 Å². The van der Waals surface area contributed by atoms with E-state index in [1.807, 2.05) is 24.3 Å². The molecule has 0 aliphatic carbocycles. The highest BCUT2D eigenvalue weighted by molar-refractivity contribution is 14.1. The smallest absolute Gasteiger partial charge is 0.377 e. The van der Waals surface area contributed by atoms with E-state index in [0.29, 0.717) is 19.6 Å². The van der Waals surface area contributed by atoms with Crippen molar-refractivity contribution in [2.45, 2.75) is 51.3 Å². The van der Waals surface area contributed by atoms with Crippen molar-refractivity contribution < 1.29 is 17.9 Å². The van der Waals surface area contributed by atoms with Crippen LogP contribution in [0.5, 0.6) is 0 Å². The first-order valence-electron chi connectivity index (χ1n) is 6.86. The van der Waals surface area contributed by atoms with Crippen LogP contribution in [-0.4, -0.2) is 12.8 Å². The van der Waals surface area contributed by atoms with Gasteiger partial charge in [0.15, 0.2) is 0 Å². The van der Waals surface area contributed by atoms with Crippen LogP contribution in [0.15, 0.2) is 24.3 Å². The van der Waals surface area contributed by atoms with Crippen LogP contribution in [-0.2, 0) is 11.3 Å². The normalized spacial score (nSPS) is 11.8. The Morgan fingerprint density at radius 2 is 1.50 bits per heavy atom. The van der Waals surface area contributed by atoms with Crippen molar-refractivity contribution in [3.63, 3.8) is 0 Å². The summed E-state index contributed by atoms with van der Waals surface area (Å²) in [6, 6.07) is 8.16. The van der Waals surface area contributed by atoms with Crippen LogP contribution in [0.3, 0.4) is 0 Å². The lowest BCUT2D eigenvalue weighted by Gasteiger charge is -2.06. The van der Waals surface area contributed by atoms with Gasteiger partial charge in [-0.15, -0.1) is 0 Å². The predicted molar refractivity (Wildman–Crippen MR) is 82.6 cm³/mol. The van der Waals surface area contributed by atoms with E-state index in [1.165, 1.54) is 3.57 Å². The Morgan fingerprint density at radius 3 is 2.15 bits per heavy atom. The second kappa shape index (κ2) is 9.60. The number of hydrogen-bond acceptors (Lipinski definition) is 1. The van der Waals surface area contributed by atoms with Gasteiger partial charge in [-0.05, 0) is 53.1 Å². The fraction of sp³-hybridized carbons (Fsp3) is 0.600. The van der Waals surface area contributed by atoms with Crippen molar-refractivity contribution in [1.29, 1.82) is 0 Å². The molecule has 1 aromatic carbocycles. The SMILES string of the molecule is FC(F)(F)CCCCCCCOCc1ccc(I)cc1. The van der Waals surface area contributed by atoms with Gasteiger partial charge >= 0.3 is 6.18 Å². The monoisotopic (exact) mass is 400 g/mol. The second-order valence-electron chi connectivity index (χ2n) is 4.81. The first-order valence-corrected chi connectivity index (χ1v) is 7.94. The van der Waals surface area contributed by atoms with Crippen molar-refractivity contribution >= 4 is 22.6 Å². The van der Waals surface area contributed by atoms with Crippen molar-refractivity contribution in [3.05, 3.63) is 33.4 Å². The Kier molecular flexibility index (Phi) is 8.52. The molecule has 0 N–H and O–H groups in total. The molecule has 0 atom stereocenters. The number of alkyl halides is 3. The average Bonchev–Trinajstić information content (AvgIpc) is 2.37. The summed E-state index contributed by atoms with van der Waals surface area (Å²) in [6.07, 6.45) is -1.07. The lowest BCUT2D eigenvalue weighted by Crippen LogP contribution is -2.06. The average molecular weight is 400 g/mol. The molecule has 1 nitrogen and oxygen atoms in total. The minimum Gasteiger partial charge on any atom is -0.377 e. The predicted octanol–water partition coefficient (Wildman–Crippen LogP) is 5.71. The lowest BCUT2D eigenvalue weighted by atomic mass is 10.1. The summed E-state index contributed by atoms with van der Waals surface area (Å²) < 4.78 is 42.4. The Bertz CT molecular complexity index is 362. The zero-order valence-corrected chi connectivity index (χ0v) is 13.5. The van der Waals surface area contributed by atoms with Crippen molar-refractivity contribution in [3.8, 4) is 0 Å². The Labute approximate surface area is 132 Å². The summed E-state index contributed by atoms with van der Waals surface area (Å²) >= 11 is 2.26. The topological polar surface area (TPSA) is 9.23 Å². The molecule has 0 aromatic heterocycles. The van der Waals surface area contributed by atoms with Gasteiger partial charge in [0.05, 0.1) is 6.61 Å². The molecule has 0 bridgehead atoms. The van der Waals surface area contributed by atoms with Gasteiger partial charge < -0.3 is 4.74 Å². The molecule has 5 heteroatoms. The molecule has 0 unspecified atom stereocenters. The van der Waals surface area contributed by atoms with Crippen LogP contribution >= 0.6 is 22.6 Å². The van der Waals surface area contributed by atoms with Crippen LogP contribution in [0, 0.1) is 3.57 Å². The largest absolute Gasteiger partial charge is 0.389 e. The molecule has 1 rings (SSSR count). The molecule has 20 heavy (non-hydrogen) atoms. The summed E-state index contributed by atoms with van der Waals surface area (Å²) in [5.41, 5.74) is 1.15. The third kappa shape index (κ3) is 9.58. The minimum absolute atomic E-state index is 0.243. The summed E-state index contributed by atoms with van der Waals surface area (Å²) in [6.45, 7) is 1.27. The highest BCUT2D eigenvalue weighted by Crippen LogP contribution is 2.23. The van der Waals surface area contributed by atoms with Crippen LogP contribution in [0.25, 0.3) is 0 Å². The second-order valence-corrected chi connectivity index (χ2v) is 6.06. The van der Waals surface area contributed by atoms with Gasteiger partial charge in [-0.3, -0.25) is 0 Å². The third-order valence-electron chi connectivity index (χ3n) is 2.93. The molecule has 0 fully saturated rings. The van der Waals surface area contributed by atoms with E-state index < -0.39 is 12.6 Å². The molecule has 0 amide bonds. The third-order valence-corrected chi connectivity index (χ3v) is 3.65. The number of unbranched alkanes of at least 4 members (excludes halogenated alkanes) is 4. The molecule has 0 aliphatic rings. The molecule has 0 aliphatic heterocycles.